The number of carbonyl (C=O) groups is 2. The summed E-state index contributed by atoms with van der Waals surface area (Å²) in [6, 6.07) is 15.2. The molecule has 0 saturated heterocycles. The molecular formula is C21H21N3O2S. The SMILES string of the molecule is CC(=O)Nc1ccc(-c2nc(CC(=O)Nc3ccccc3C)sc2C)cc1. The number of benzene rings is 2. The van der Waals surface area contributed by atoms with Gasteiger partial charge in [0.1, 0.15) is 5.01 Å². The van der Waals surface area contributed by atoms with E-state index < -0.39 is 0 Å². The van der Waals surface area contributed by atoms with Crippen molar-refractivity contribution < 1.29 is 9.59 Å². The summed E-state index contributed by atoms with van der Waals surface area (Å²) in [7, 11) is 0. The Morgan fingerprint density at radius 2 is 1.70 bits per heavy atom. The largest absolute Gasteiger partial charge is 0.326 e. The minimum absolute atomic E-state index is 0.0781. The second kappa shape index (κ2) is 8.14. The van der Waals surface area contributed by atoms with Gasteiger partial charge in [-0.2, -0.15) is 0 Å². The molecule has 0 aliphatic carbocycles. The molecular weight excluding hydrogens is 358 g/mol. The Bertz CT molecular complexity index is 977. The summed E-state index contributed by atoms with van der Waals surface area (Å²) in [5, 5.41) is 6.47. The first-order valence-corrected chi connectivity index (χ1v) is 9.44. The first-order chi connectivity index (χ1) is 12.9. The van der Waals surface area contributed by atoms with Crippen molar-refractivity contribution >= 4 is 34.5 Å². The van der Waals surface area contributed by atoms with Gasteiger partial charge in [0, 0.05) is 28.7 Å². The van der Waals surface area contributed by atoms with Crippen LogP contribution in [0.1, 0.15) is 22.4 Å². The lowest BCUT2D eigenvalue weighted by Gasteiger charge is -2.06. The quantitative estimate of drug-likeness (QED) is 0.682. The summed E-state index contributed by atoms with van der Waals surface area (Å²) < 4.78 is 0. The zero-order valence-corrected chi connectivity index (χ0v) is 16.3. The second-order valence-electron chi connectivity index (χ2n) is 6.31. The lowest BCUT2D eigenvalue weighted by atomic mass is 10.1. The van der Waals surface area contributed by atoms with E-state index in [1.54, 1.807) is 0 Å². The van der Waals surface area contributed by atoms with Crippen LogP contribution in [0.3, 0.4) is 0 Å². The Hall–Kier alpha value is -2.99. The van der Waals surface area contributed by atoms with E-state index in [0.717, 1.165) is 38.1 Å². The van der Waals surface area contributed by atoms with Crippen molar-refractivity contribution in [2.45, 2.75) is 27.2 Å². The number of nitrogens with zero attached hydrogens (tertiary/aromatic N) is 1. The van der Waals surface area contributed by atoms with Gasteiger partial charge < -0.3 is 10.6 Å². The third kappa shape index (κ3) is 4.80. The van der Waals surface area contributed by atoms with E-state index in [2.05, 4.69) is 15.6 Å². The summed E-state index contributed by atoms with van der Waals surface area (Å²) in [5.41, 5.74) is 4.43. The molecule has 0 radical (unpaired) electrons. The number of hydrogen-bond donors (Lipinski definition) is 2. The lowest BCUT2D eigenvalue weighted by Crippen LogP contribution is -2.14. The maximum atomic E-state index is 12.4. The van der Waals surface area contributed by atoms with E-state index in [1.165, 1.54) is 18.3 Å². The standard InChI is InChI=1S/C21H21N3O2S/c1-13-6-4-5-7-18(13)23-19(26)12-20-24-21(14(2)27-20)16-8-10-17(11-9-16)22-15(3)25/h4-11H,12H2,1-3H3,(H,22,25)(H,23,26). The average molecular weight is 379 g/mol. The molecule has 0 fully saturated rings. The minimum atomic E-state index is -0.102. The van der Waals surface area contributed by atoms with Gasteiger partial charge in [0.15, 0.2) is 0 Å². The smallest absolute Gasteiger partial charge is 0.231 e. The van der Waals surface area contributed by atoms with Crippen molar-refractivity contribution in [1.29, 1.82) is 0 Å². The van der Waals surface area contributed by atoms with Crippen molar-refractivity contribution in [2.75, 3.05) is 10.6 Å². The summed E-state index contributed by atoms with van der Waals surface area (Å²) in [4.78, 5) is 29.2. The molecule has 0 atom stereocenters. The molecule has 0 bridgehead atoms. The van der Waals surface area contributed by atoms with Crippen LogP contribution in [0.5, 0.6) is 0 Å². The number of amides is 2. The number of thiazole rings is 1. The maximum absolute atomic E-state index is 12.4. The van der Waals surface area contributed by atoms with Crippen LogP contribution in [0.4, 0.5) is 11.4 Å². The topological polar surface area (TPSA) is 71.1 Å². The molecule has 0 unspecified atom stereocenters. The Morgan fingerprint density at radius 1 is 1.00 bits per heavy atom. The second-order valence-corrected chi connectivity index (χ2v) is 7.60. The van der Waals surface area contributed by atoms with Gasteiger partial charge in [-0.25, -0.2) is 4.98 Å². The summed E-state index contributed by atoms with van der Waals surface area (Å²) in [6.07, 6.45) is 0.240. The number of hydrogen-bond acceptors (Lipinski definition) is 4. The van der Waals surface area contributed by atoms with Crippen molar-refractivity contribution in [2.24, 2.45) is 0 Å². The van der Waals surface area contributed by atoms with Crippen molar-refractivity contribution in [3.63, 3.8) is 0 Å². The Kier molecular flexibility index (Phi) is 5.66. The molecule has 6 heteroatoms. The van der Waals surface area contributed by atoms with Crippen LogP contribution in [-0.2, 0) is 16.0 Å². The van der Waals surface area contributed by atoms with Crippen molar-refractivity contribution in [3.8, 4) is 11.3 Å². The molecule has 0 aliphatic rings. The van der Waals surface area contributed by atoms with E-state index in [1.807, 2.05) is 62.4 Å². The fourth-order valence-corrected chi connectivity index (χ4v) is 3.71. The third-order valence-corrected chi connectivity index (χ3v) is 5.02. The molecule has 27 heavy (non-hydrogen) atoms. The zero-order chi connectivity index (χ0) is 19.4. The van der Waals surface area contributed by atoms with Gasteiger partial charge in [0.2, 0.25) is 11.8 Å². The maximum Gasteiger partial charge on any atom is 0.231 e. The zero-order valence-electron chi connectivity index (χ0n) is 15.5. The van der Waals surface area contributed by atoms with Crippen LogP contribution in [-0.4, -0.2) is 16.8 Å². The molecule has 2 amide bonds. The molecule has 138 valence electrons. The Morgan fingerprint density at radius 3 is 2.37 bits per heavy atom. The fraction of sp³-hybridized carbons (Fsp3) is 0.190. The normalized spacial score (nSPS) is 10.5. The molecule has 3 rings (SSSR count). The average Bonchev–Trinajstić information content (AvgIpc) is 2.97. The molecule has 5 nitrogen and oxygen atoms in total. The van der Waals surface area contributed by atoms with Crippen molar-refractivity contribution in [1.82, 2.24) is 4.98 Å². The van der Waals surface area contributed by atoms with E-state index in [4.69, 9.17) is 0 Å². The highest BCUT2D eigenvalue weighted by Crippen LogP contribution is 2.29. The number of nitrogens with one attached hydrogen (secondary N) is 2. The highest BCUT2D eigenvalue weighted by Gasteiger charge is 2.13. The van der Waals surface area contributed by atoms with Crippen LogP contribution in [0.2, 0.25) is 0 Å². The summed E-state index contributed by atoms with van der Waals surface area (Å²) in [5.74, 6) is -0.180. The highest BCUT2D eigenvalue weighted by atomic mass is 32.1. The van der Waals surface area contributed by atoms with E-state index in [9.17, 15) is 9.59 Å². The first kappa shape index (κ1) is 18.8. The molecule has 0 aliphatic heterocycles. The fourth-order valence-electron chi connectivity index (χ4n) is 2.75. The van der Waals surface area contributed by atoms with Crippen LogP contribution in [0, 0.1) is 13.8 Å². The molecule has 1 heterocycles. The number of para-hydroxylation sites is 1. The summed E-state index contributed by atoms with van der Waals surface area (Å²) in [6.45, 7) is 5.44. The number of aromatic nitrogens is 1. The van der Waals surface area contributed by atoms with E-state index in [0.29, 0.717) is 0 Å². The Labute approximate surface area is 162 Å². The molecule has 2 N–H and O–H groups in total. The van der Waals surface area contributed by atoms with Crippen molar-refractivity contribution in [3.05, 3.63) is 64.0 Å². The molecule has 0 saturated carbocycles. The minimum Gasteiger partial charge on any atom is -0.326 e. The van der Waals surface area contributed by atoms with Gasteiger partial charge in [0.25, 0.3) is 0 Å². The third-order valence-electron chi connectivity index (χ3n) is 4.05. The molecule has 2 aromatic carbocycles. The molecule has 0 spiro atoms. The predicted molar refractivity (Wildman–Crippen MR) is 110 cm³/mol. The van der Waals surface area contributed by atoms with E-state index >= 15 is 0 Å². The Balaban J connectivity index is 1.71. The van der Waals surface area contributed by atoms with Gasteiger partial charge in [-0.15, -0.1) is 11.3 Å². The first-order valence-electron chi connectivity index (χ1n) is 8.62. The predicted octanol–water partition coefficient (Wildman–Crippen LogP) is 4.57. The van der Waals surface area contributed by atoms with Gasteiger partial charge in [-0.3, -0.25) is 9.59 Å². The molecule has 1 aromatic heterocycles. The highest BCUT2D eigenvalue weighted by molar-refractivity contribution is 7.12. The van der Waals surface area contributed by atoms with Gasteiger partial charge >= 0.3 is 0 Å². The number of rotatable bonds is 5. The molecule has 3 aromatic rings. The van der Waals surface area contributed by atoms with Crippen LogP contribution in [0.15, 0.2) is 48.5 Å². The van der Waals surface area contributed by atoms with Gasteiger partial charge in [-0.1, -0.05) is 30.3 Å². The van der Waals surface area contributed by atoms with Crippen LogP contribution < -0.4 is 10.6 Å². The summed E-state index contributed by atoms with van der Waals surface area (Å²) >= 11 is 1.53. The van der Waals surface area contributed by atoms with Gasteiger partial charge in [0.05, 0.1) is 12.1 Å². The van der Waals surface area contributed by atoms with E-state index in [-0.39, 0.29) is 18.2 Å². The number of aryl methyl sites for hydroxylation is 2. The number of anilines is 2. The number of carbonyl (C=O) groups excluding carboxylic acids is 2. The monoisotopic (exact) mass is 379 g/mol. The van der Waals surface area contributed by atoms with Crippen LogP contribution >= 0.6 is 11.3 Å². The van der Waals surface area contributed by atoms with Crippen LogP contribution in [0.25, 0.3) is 11.3 Å². The van der Waals surface area contributed by atoms with Gasteiger partial charge in [-0.05, 0) is 37.6 Å². The lowest BCUT2D eigenvalue weighted by molar-refractivity contribution is -0.116.